The van der Waals surface area contributed by atoms with Gasteiger partial charge >= 0.3 is 0 Å². The van der Waals surface area contributed by atoms with Crippen molar-refractivity contribution in [2.24, 2.45) is 11.8 Å². The van der Waals surface area contributed by atoms with Gasteiger partial charge in [-0.15, -0.1) is 11.3 Å². The first-order valence-electron chi connectivity index (χ1n) is 15.2. The predicted molar refractivity (Wildman–Crippen MR) is 157 cm³/mol. The van der Waals surface area contributed by atoms with Gasteiger partial charge in [-0.25, -0.2) is 0 Å². The third-order valence-electron chi connectivity index (χ3n) is 9.37. The molecule has 3 aliphatic heterocycles. The first-order chi connectivity index (χ1) is 20.4. The lowest BCUT2D eigenvalue weighted by Crippen LogP contribution is -2.50. The van der Waals surface area contributed by atoms with Crippen molar-refractivity contribution in [3.63, 3.8) is 0 Å². The highest BCUT2D eigenvalue weighted by molar-refractivity contribution is 7.11. The Balaban J connectivity index is 1.28. The number of benzene rings is 1. The van der Waals surface area contributed by atoms with E-state index in [1.54, 1.807) is 18.8 Å². The van der Waals surface area contributed by atoms with Gasteiger partial charge in [0.2, 0.25) is 17.7 Å². The predicted octanol–water partition coefficient (Wildman–Crippen LogP) is 3.04. The van der Waals surface area contributed by atoms with Crippen LogP contribution < -0.4 is 10.1 Å². The van der Waals surface area contributed by atoms with E-state index in [-0.39, 0.29) is 47.6 Å². The molecule has 224 valence electrons. The van der Waals surface area contributed by atoms with Crippen LogP contribution in [-0.4, -0.2) is 89.2 Å². The van der Waals surface area contributed by atoms with Crippen LogP contribution in [0.3, 0.4) is 0 Å². The zero-order valence-electron chi connectivity index (χ0n) is 24.1. The maximum atomic E-state index is 14.3. The molecule has 1 saturated carbocycles. The maximum Gasteiger partial charge on any atom is 0.265 e. The van der Waals surface area contributed by atoms with Crippen LogP contribution in [0.2, 0.25) is 0 Å². The van der Waals surface area contributed by atoms with Crippen LogP contribution in [0, 0.1) is 11.8 Å². The monoisotopic (exact) mass is 593 g/mol. The average molecular weight is 594 g/mol. The minimum Gasteiger partial charge on any atom is -0.488 e. The Labute approximate surface area is 250 Å². The van der Waals surface area contributed by atoms with E-state index in [1.165, 1.54) is 11.3 Å². The number of aromatic nitrogens is 1. The summed E-state index contributed by atoms with van der Waals surface area (Å²) >= 11 is 1.34. The molecule has 4 atom stereocenters. The first kappa shape index (κ1) is 28.6. The number of nitrogens with one attached hydrogen (secondary N) is 1. The summed E-state index contributed by atoms with van der Waals surface area (Å²) in [6.45, 7) is 2.72. The molecule has 0 bridgehead atoms. The number of carbonyl (C=O) groups excluding carboxylic acids is 4. The number of likely N-dealkylation sites (tertiary alicyclic amines) is 2. The molecule has 10 nitrogen and oxygen atoms in total. The topological polar surface area (TPSA) is 112 Å². The Morgan fingerprint density at radius 3 is 2.62 bits per heavy atom. The minimum atomic E-state index is -0.369. The number of thiazole rings is 1. The van der Waals surface area contributed by atoms with E-state index in [4.69, 9.17) is 4.74 Å². The van der Waals surface area contributed by atoms with Gasteiger partial charge in [-0.1, -0.05) is 25.0 Å². The first-order valence-corrected chi connectivity index (χ1v) is 16.1. The van der Waals surface area contributed by atoms with Gasteiger partial charge in [0, 0.05) is 63.5 Å². The van der Waals surface area contributed by atoms with Crippen molar-refractivity contribution in [2.45, 2.75) is 63.5 Å². The number of fused-ring (bicyclic) bond motifs is 1. The van der Waals surface area contributed by atoms with E-state index in [0.717, 1.165) is 30.4 Å². The Kier molecular flexibility index (Phi) is 8.46. The van der Waals surface area contributed by atoms with Crippen LogP contribution in [0.1, 0.15) is 71.8 Å². The van der Waals surface area contributed by atoms with Crippen molar-refractivity contribution >= 4 is 35.0 Å². The fourth-order valence-electron chi connectivity index (χ4n) is 7.20. The molecule has 1 aromatic carbocycles. The standard InChI is InChI=1S/C31H39N5O5S/c1-32-29(38)22-7-2-3-8-23(22)30(39)36-15-11-20-6-4-9-25(28(20)24(36)18-34-13-5-10-27(34)37)41-21-12-14-35(17-21)31(40)26-16-33-19-42-26/h4,6,9,16,19,21-24H,2-3,5,7-8,10-15,17-18H2,1H3,(H,32,38)/t21?,22-,23+,24+/m0/s1. The van der Waals surface area contributed by atoms with Gasteiger partial charge in [-0.3, -0.25) is 24.2 Å². The second-order valence-corrected chi connectivity index (χ2v) is 12.7. The molecule has 1 unspecified atom stereocenters. The van der Waals surface area contributed by atoms with E-state index >= 15 is 0 Å². The van der Waals surface area contributed by atoms with Crippen molar-refractivity contribution in [1.82, 2.24) is 25.0 Å². The van der Waals surface area contributed by atoms with Crippen molar-refractivity contribution in [3.8, 4) is 5.75 Å². The molecule has 42 heavy (non-hydrogen) atoms. The molecule has 4 aliphatic rings. The quantitative estimate of drug-likeness (QED) is 0.528. The summed E-state index contributed by atoms with van der Waals surface area (Å²) in [5, 5.41) is 2.77. The summed E-state index contributed by atoms with van der Waals surface area (Å²) in [5.41, 5.74) is 3.74. The number of hydrogen-bond donors (Lipinski definition) is 1. The molecule has 0 spiro atoms. The van der Waals surface area contributed by atoms with Gasteiger partial charge in [0.25, 0.3) is 5.91 Å². The fourth-order valence-corrected chi connectivity index (χ4v) is 7.79. The Bertz CT molecular complexity index is 1330. The summed E-state index contributed by atoms with van der Waals surface area (Å²) in [5.74, 6) is 0.0261. The molecule has 2 saturated heterocycles. The molecule has 4 heterocycles. The highest BCUT2D eigenvalue weighted by Gasteiger charge is 2.43. The smallest absolute Gasteiger partial charge is 0.265 e. The van der Waals surface area contributed by atoms with Gasteiger partial charge < -0.3 is 24.8 Å². The normalized spacial score (nSPS) is 25.8. The Morgan fingerprint density at radius 2 is 1.88 bits per heavy atom. The van der Waals surface area contributed by atoms with E-state index in [2.05, 4.69) is 16.4 Å². The fraction of sp³-hybridized carbons (Fsp3) is 0.581. The van der Waals surface area contributed by atoms with Crippen LogP contribution in [0.25, 0.3) is 0 Å². The summed E-state index contributed by atoms with van der Waals surface area (Å²) in [4.78, 5) is 63.0. The molecule has 2 aromatic rings. The molecule has 1 aliphatic carbocycles. The maximum absolute atomic E-state index is 14.3. The van der Waals surface area contributed by atoms with Crippen molar-refractivity contribution < 1.29 is 23.9 Å². The molecule has 11 heteroatoms. The Hall–Kier alpha value is -3.47. The summed E-state index contributed by atoms with van der Waals surface area (Å²) in [6, 6.07) is 5.67. The van der Waals surface area contributed by atoms with Crippen molar-refractivity contribution in [3.05, 3.63) is 45.9 Å². The zero-order valence-corrected chi connectivity index (χ0v) is 24.9. The van der Waals surface area contributed by atoms with Crippen LogP contribution in [0.15, 0.2) is 29.9 Å². The number of hydrogen-bond acceptors (Lipinski definition) is 7. The highest BCUT2D eigenvalue weighted by atomic mass is 32.1. The average Bonchev–Trinajstić information content (AvgIpc) is 3.80. The molecule has 1 N–H and O–H groups in total. The minimum absolute atomic E-state index is 0.00240. The molecule has 6 rings (SSSR count). The summed E-state index contributed by atoms with van der Waals surface area (Å²) < 4.78 is 6.63. The lowest BCUT2D eigenvalue weighted by Gasteiger charge is -2.43. The SMILES string of the molecule is CNC(=O)[C@H]1CCCC[C@H]1C(=O)N1CCc2cccc(OC3CCN(C(=O)c4cncs4)C3)c2[C@H]1CN1CCCC1=O. The molecule has 1 aromatic heterocycles. The zero-order chi connectivity index (χ0) is 29.2. The van der Waals surface area contributed by atoms with Crippen molar-refractivity contribution in [1.29, 1.82) is 0 Å². The number of carbonyl (C=O) groups is 4. The number of rotatable bonds is 7. The Morgan fingerprint density at radius 1 is 1.05 bits per heavy atom. The third-order valence-corrected chi connectivity index (χ3v) is 10.1. The van der Waals surface area contributed by atoms with E-state index in [1.807, 2.05) is 26.8 Å². The second-order valence-electron chi connectivity index (χ2n) is 11.8. The lowest BCUT2D eigenvalue weighted by molar-refractivity contribution is -0.147. The molecular weight excluding hydrogens is 554 g/mol. The lowest BCUT2D eigenvalue weighted by atomic mass is 9.77. The number of ether oxygens (including phenoxy) is 1. The summed E-state index contributed by atoms with van der Waals surface area (Å²) in [6.07, 6.45) is 7.44. The summed E-state index contributed by atoms with van der Waals surface area (Å²) in [7, 11) is 1.63. The van der Waals surface area contributed by atoms with Crippen LogP contribution in [-0.2, 0) is 20.8 Å². The molecule has 3 fully saturated rings. The van der Waals surface area contributed by atoms with Gasteiger partial charge in [-0.2, -0.15) is 0 Å². The highest BCUT2D eigenvalue weighted by Crippen LogP contribution is 2.41. The van der Waals surface area contributed by atoms with Gasteiger partial charge in [0.05, 0.1) is 24.3 Å². The van der Waals surface area contributed by atoms with E-state index < -0.39 is 0 Å². The molecule has 0 radical (unpaired) electrons. The third kappa shape index (κ3) is 5.63. The van der Waals surface area contributed by atoms with E-state index in [0.29, 0.717) is 75.5 Å². The van der Waals surface area contributed by atoms with Gasteiger partial charge in [0.15, 0.2) is 0 Å². The van der Waals surface area contributed by atoms with Crippen LogP contribution >= 0.6 is 11.3 Å². The van der Waals surface area contributed by atoms with Gasteiger partial charge in [0.1, 0.15) is 16.7 Å². The number of amides is 4. The largest absolute Gasteiger partial charge is 0.488 e. The number of nitrogens with zero attached hydrogens (tertiary/aromatic N) is 4. The molecular formula is C31H39N5O5S. The van der Waals surface area contributed by atoms with Crippen LogP contribution in [0.5, 0.6) is 5.75 Å². The van der Waals surface area contributed by atoms with Crippen molar-refractivity contribution in [2.75, 3.05) is 39.8 Å². The van der Waals surface area contributed by atoms with Crippen LogP contribution in [0.4, 0.5) is 0 Å². The van der Waals surface area contributed by atoms with Gasteiger partial charge in [-0.05, 0) is 37.3 Å². The second kappa shape index (κ2) is 12.4. The van der Waals surface area contributed by atoms with E-state index in [9.17, 15) is 19.2 Å². The molecule has 4 amide bonds.